The summed E-state index contributed by atoms with van der Waals surface area (Å²) in [6, 6.07) is 4.10. The van der Waals surface area contributed by atoms with Crippen molar-refractivity contribution in [2.45, 2.75) is 25.8 Å². The molecule has 1 atom stereocenters. The fourth-order valence-electron chi connectivity index (χ4n) is 1.98. The fraction of sp³-hybridized carbons (Fsp3) is 0.500. The lowest BCUT2D eigenvalue weighted by atomic mass is 10.1. The summed E-state index contributed by atoms with van der Waals surface area (Å²) in [6.07, 6.45) is 6.99. The monoisotopic (exact) mass is 277 g/mol. The number of benzene rings is 1. The van der Waals surface area contributed by atoms with Crippen molar-refractivity contribution in [3.05, 3.63) is 17.7 Å². The molecule has 0 fully saturated rings. The van der Waals surface area contributed by atoms with Gasteiger partial charge in [-0.3, -0.25) is 0 Å². The van der Waals surface area contributed by atoms with E-state index in [4.69, 9.17) is 20.6 Å². The van der Waals surface area contributed by atoms with Gasteiger partial charge in [0.1, 0.15) is 0 Å². The lowest BCUT2D eigenvalue weighted by Gasteiger charge is -2.18. The number of ether oxygens (including phenoxy) is 3. The summed E-state index contributed by atoms with van der Waals surface area (Å²) >= 11 is 0. The van der Waals surface area contributed by atoms with Gasteiger partial charge in [0.05, 0.1) is 21.3 Å². The molecule has 0 radical (unpaired) electrons. The van der Waals surface area contributed by atoms with E-state index in [1.165, 1.54) is 0 Å². The number of hydrogen-bond acceptors (Lipinski definition) is 4. The van der Waals surface area contributed by atoms with E-state index in [1.54, 1.807) is 21.3 Å². The minimum absolute atomic E-state index is 0.182. The Kier molecular flexibility index (Phi) is 6.75. The molecule has 1 aromatic rings. The maximum absolute atomic E-state index is 5.35. The van der Waals surface area contributed by atoms with Crippen LogP contribution in [0.4, 0.5) is 0 Å². The molecule has 1 N–H and O–H groups in total. The normalized spacial score (nSPS) is 11.6. The quantitative estimate of drug-likeness (QED) is 0.586. The third kappa shape index (κ3) is 4.07. The van der Waals surface area contributed by atoms with E-state index >= 15 is 0 Å². The van der Waals surface area contributed by atoms with Crippen molar-refractivity contribution in [2.24, 2.45) is 0 Å². The SMILES string of the molecule is C#CCCCNC(C)c1cc(OC)c(OC)c(OC)c1. The molecule has 4 heteroatoms. The van der Waals surface area contributed by atoms with Crippen LogP contribution in [0.2, 0.25) is 0 Å². The largest absolute Gasteiger partial charge is 0.493 e. The molecule has 0 aliphatic heterocycles. The van der Waals surface area contributed by atoms with Crippen molar-refractivity contribution in [1.82, 2.24) is 5.32 Å². The lowest BCUT2D eigenvalue weighted by molar-refractivity contribution is 0.323. The van der Waals surface area contributed by atoms with Crippen molar-refractivity contribution in [3.8, 4) is 29.6 Å². The Hall–Kier alpha value is -1.86. The van der Waals surface area contributed by atoms with E-state index in [-0.39, 0.29) is 6.04 Å². The molecule has 0 spiro atoms. The average molecular weight is 277 g/mol. The smallest absolute Gasteiger partial charge is 0.203 e. The van der Waals surface area contributed by atoms with E-state index in [9.17, 15) is 0 Å². The first-order valence-corrected chi connectivity index (χ1v) is 6.64. The number of hydrogen-bond donors (Lipinski definition) is 1. The lowest BCUT2D eigenvalue weighted by Crippen LogP contribution is -2.20. The summed E-state index contributed by atoms with van der Waals surface area (Å²) in [5, 5.41) is 3.43. The van der Waals surface area contributed by atoms with E-state index in [0.717, 1.165) is 24.9 Å². The van der Waals surface area contributed by atoms with Crippen LogP contribution in [0.25, 0.3) is 0 Å². The van der Waals surface area contributed by atoms with Crippen molar-refractivity contribution in [2.75, 3.05) is 27.9 Å². The molecule has 1 rings (SSSR count). The first-order valence-electron chi connectivity index (χ1n) is 6.64. The maximum Gasteiger partial charge on any atom is 0.203 e. The fourth-order valence-corrected chi connectivity index (χ4v) is 1.98. The molecule has 1 aromatic carbocycles. The van der Waals surface area contributed by atoms with E-state index in [2.05, 4.69) is 18.2 Å². The Labute approximate surface area is 121 Å². The molecule has 110 valence electrons. The highest BCUT2D eigenvalue weighted by atomic mass is 16.5. The molecule has 20 heavy (non-hydrogen) atoms. The molecule has 0 saturated carbocycles. The summed E-state index contributed by atoms with van der Waals surface area (Å²) in [6.45, 7) is 2.97. The Morgan fingerprint density at radius 2 is 1.75 bits per heavy atom. The standard InChI is InChI=1S/C16H23NO3/c1-6-7-8-9-17-12(2)13-10-14(18-3)16(20-5)15(11-13)19-4/h1,10-12,17H,7-9H2,2-5H3. The molecule has 4 nitrogen and oxygen atoms in total. The van der Waals surface area contributed by atoms with Gasteiger partial charge >= 0.3 is 0 Å². The van der Waals surface area contributed by atoms with E-state index in [0.29, 0.717) is 17.2 Å². The minimum atomic E-state index is 0.182. The third-order valence-corrected chi connectivity index (χ3v) is 3.14. The number of nitrogens with one attached hydrogen (secondary N) is 1. The highest BCUT2D eigenvalue weighted by molar-refractivity contribution is 5.54. The van der Waals surface area contributed by atoms with Crippen molar-refractivity contribution >= 4 is 0 Å². The summed E-state index contributed by atoms with van der Waals surface area (Å²) in [5.74, 6) is 4.58. The van der Waals surface area contributed by atoms with Crippen LogP contribution in [0.5, 0.6) is 17.2 Å². The molecule has 0 aliphatic rings. The van der Waals surface area contributed by atoms with Gasteiger partial charge in [-0.25, -0.2) is 0 Å². The first kappa shape index (κ1) is 16.2. The summed E-state index contributed by atoms with van der Waals surface area (Å²) in [7, 11) is 4.83. The second-order valence-corrected chi connectivity index (χ2v) is 4.44. The molecular weight excluding hydrogens is 254 g/mol. The third-order valence-electron chi connectivity index (χ3n) is 3.14. The first-order chi connectivity index (χ1) is 9.67. The van der Waals surface area contributed by atoms with Crippen LogP contribution < -0.4 is 19.5 Å². The second kappa shape index (κ2) is 8.34. The zero-order chi connectivity index (χ0) is 15.0. The van der Waals surface area contributed by atoms with Gasteiger partial charge in [-0.15, -0.1) is 12.3 Å². The number of unbranched alkanes of at least 4 members (excludes halogenated alkanes) is 1. The molecular formula is C16H23NO3. The van der Waals surface area contributed by atoms with Crippen LogP contribution in [0.15, 0.2) is 12.1 Å². The van der Waals surface area contributed by atoms with Gasteiger partial charge in [0.25, 0.3) is 0 Å². The topological polar surface area (TPSA) is 39.7 Å². The van der Waals surface area contributed by atoms with E-state index in [1.807, 2.05) is 12.1 Å². The van der Waals surface area contributed by atoms with Crippen molar-refractivity contribution in [3.63, 3.8) is 0 Å². The van der Waals surface area contributed by atoms with Crippen LogP contribution in [0, 0.1) is 12.3 Å². The summed E-state index contributed by atoms with van der Waals surface area (Å²) < 4.78 is 16.0. The molecule has 0 heterocycles. The van der Waals surface area contributed by atoms with Crippen LogP contribution >= 0.6 is 0 Å². The molecule has 0 aromatic heterocycles. The zero-order valence-electron chi connectivity index (χ0n) is 12.7. The highest BCUT2D eigenvalue weighted by Gasteiger charge is 2.15. The average Bonchev–Trinajstić information content (AvgIpc) is 2.49. The predicted octanol–water partition coefficient (Wildman–Crippen LogP) is 2.78. The summed E-state index contributed by atoms with van der Waals surface area (Å²) in [4.78, 5) is 0. The van der Waals surface area contributed by atoms with Gasteiger partial charge in [-0.1, -0.05) is 0 Å². The van der Waals surface area contributed by atoms with Crippen molar-refractivity contribution in [1.29, 1.82) is 0 Å². The Bertz CT molecular complexity index is 440. The van der Waals surface area contributed by atoms with Crippen LogP contribution in [0.1, 0.15) is 31.4 Å². The van der Waals surface area contributed by atoms with Gasteiger partial charge in [0.2, 0.25) is 5.75 Å². The van der Waals surface area contributed by atoms with Crippen LogP contribution in [-0.2, 0) is 0 Å². The number of methoxy groups -OCH3 is 3. The number of rotatable bonds is 8. The number of terminal acetylenes is 1. The van der Waals surface area contributed by atoms with Gasteiger partial charge in [0.15, 0.2) is 11.5 Å². The molecule has 0 amide bonds. The van der Waals surface area contributed by atoms with Gasteiger partial charge in [-0.2, -0.15) is 0 Å². The highest BCUT2D eigenvalue weighted by Crippen LogP contribution is 2.39. The minimum Gasteiger partial charge on any atom is -0.493 e. The Morgan fingerprint density at radius 1 is 1.15 bits per heavy atom. The summed E-state index contributed by atoms with van der Waals surface area (Å²) in [5.41, 5.74) is 1.08. The maximum atomic E-state index is 5.35. The van der Waals surface area contributed by atoms with Gasteiger partial charge in [0, 0.05) is 12.5 Å². The molecule has 0 bridgehead atoms. The molecule has 1 unspecified atom stereocenters. The van der Waals surface area contributed by atoms with Gasteiger partial charge in [-0.05, 0) is 37.6 Å². The second-order valence-electron chi connectivity index (χ2n) is 4.44. The van der Waals surface area contributed by atoms with Crippen LogP contribution in [0.3, 0.4) is 0 Å². The predicted molar refractivity (Wildman–Crippen MR) is 80.6 cm³/mol. The molecule has 0 aliphatic carbocycles. The van der Waals surface area contributed by atoms with Crippen LogP contribution in [-0.4, -0.2) is 27.9 Å². The van der Waals surface area contributed by atoms with Gasteiger partial charge < -0.3 is 19.5 Å². The molecule has 0 saturated heterocycles. The zero-order valence-corrected chi connectivity index (χ0v) is 12.7. The Morgan fingerprint density at radius 3 is 2.20 bits per heavy atom. The van der Waals surface area contributed by atoms with Crippen molar-refractivity contribution < 1.29 is 14.2 Å². The Balaban J connectivity index is 2.87. The van der Waals surface area contributed by atoms with E-state index < -0.39 is 0 Å².